The molecule has 2 rings (SSSR count). The van der Waals surface area contributed by atoms with Crippen LogP contribution in [0.1, 0.15) is 28.4 Å². The molecule has 0 atom stereocenters. The van der Waals surface area contributed by atoms with Crippen LogP contribution in [-0.4, -0.2) is 5.78 Å². The second kappa shape index (κ2) is 5.28. The summed E-state index contributed by atoms with van der Waals surface area (Å²) in [5.41, 5.74) is 2.66. The van der Waals surface area contributed by atoms with Crippen LogP contribution in [0.4, 0.5) is 0 Å². The van der Waals surface area contributed by atoms with E-state index in [1.54, 1.807) is 0 Å². The fourth-order valence-corrected chi connectivity index (χ4v) is 2.31. The summed E-state index contributed by atoms with van der Waals surface area (Å²) in [6.45, 7) is 2.10. The fraction of sp³-hybridized carbons (Fsp3) is 0.133. The van der Waals surface area contributed by atoms with Gasteiger partial charge in [-0.15, -0.1) is 0 Å². The zero-order valence-electron chi connectivity index (χ0n) is 9.61. The molecule has 86 valence electrons. The molecule has 0 aliphatic heterocycles. The molecule has 1 nitrogen and oxygen atoms in total. The number of halogens is 1. The van der Waals surface area contributed by atoms with Crippen molar-refractivity contribution in [3.05, 3.63) is 69.7 Å². The number of rotatable bonds is 3. The Kier molecular flexibility index (Phi) is 3.75. The van der Waals surface area contributed by atoms with E-state index in [1.807, 2.05) is 48.5 Å². The van der Waals surface area contributed by atoms with E-state index in [-0.39, 0.29) is 5.78 Å². The first-order chi connectivity index (χ1) is 8.22. The Labute approximate surface area is 110 Å². The third-order valence-corrected chi connectivity index (χ3v) is 3.38. The van der Waals surface area contributed by atoms with Gasteiger partial charge < -0.3 is 0 Å². The van der Waals surface area contributed by atoms with Gasteiger partial charge in [0.05, 0.1) is 0 Å². The van der Waals surface area contributed by atoms with Gasteiger partial charge in [0.2, 0.25) is 0 Å². The van der Waals surface area contributed by atoms with Gasteiger partial charge in [-0.2, -0.15) is 0 Å². The number of hydrogen-bond donors (Lipinski definition) is 0. The zero-order valence-corrected chi connectivity index (χ0v) is 11.2. The lowest BCUT2D eigenvalue weighted by molar-refractivity contribution is 0.103. The Hall–Kier alpha value is -1.41. The van der Waals surface area contributed by atoms with Gasteiger partial charge in [0.25, 0.3) is 0 Å². The highest BCUT2D eigenvalue weighted by Crippen LogP contribution is 2.22. The lowest BCUT2D eigenvalue weighted by Crippen LogP contribution is -2.02. The fourth-order valence-electron chi connectivity index (χ4n) is 1.71. The number of benzene rings is 2. The van der Waals surface area contributed by atoms with Crippen molar-refractivity contribution in [2.75, 3.05) is 0 Å². The second-order valence-corrected chi connectivity index (χ2v) is 4.72. The van der Waals surface area contributed by atoms with E-state index in [9.17, 15) is 4.79 Å². The van der Waals surface area contributed by atoms with Gasteiger partial charge in [-0.25, -0.2) is 0 Å². The quantitative estimate of drug-likeness (QED) is 0.772. The smallest absolute Gasteiger partial charge is 0.194 e. The van der Waals surface area contributed by atoms with Gasteiger partial charge in [0, 0.05) is 15.6 Å². The molecule has 0 radical (unpaired) electrons. The maximum atomic E-state index is 12.2. The second-order valence-electron chi connectivity index (χ2n) is 3.86. The monoisotopic (exact) mass is 288 g/mol. The highest BCUT2D eigenvalue weighted by Gasteiger charge is 2.12. The van der Waals surface area contributed by atoms with E-state index in [4.69, 9.17) is 0 Å². The van der Waals surface area contributed by atoms with Crippen LogP contribution >= 0.6 is 15.9 Å². The van der Waals surface area contributed by atoms with Crippen LogP contribution in [-0.2, 0) is 6.42 Å². The molecule has 0 amide bonds. The normalized spacial score (nSPS) is 10.2. The summed E-state index contributed by atoms with van der Waals surface area (Å²) in [5, 5.41) is 0. The molecule has 0 saturated carbocycles. The maximum absolute atomic E-state index is 12.2. The number of hydrogen-bond acceptors (Lipinski definition) is 1. The molecule has 0 fully saturated rings. The molecule has 0 bridgehead atoms. The van der Waals surface area contributed by atoms with Crippen LogP contribution in [0.15, 0.2) is 53.0 Å². The molecule has 2 aromatic rings. The average Bonchev–Trinajstić information content (AvgIpc) is 2.39. The molecule has 0 unspecified atom stereocenters. The third kappa shape index (κ3) is 2.64. The first-order valence-corrected chi connectivity index (χ1v) is 6.40. The summed E-state index contributed by atoms with van der Waals surface area (Å²) in [6.07, 6.45) is 0.971. The van der Waals surface area contributed by atoms with Crippen molar-refractivity contribution in [1.29, 1.82) is 0 Å². The minimum absolute atomic E-state index is 0.0557. The summed E-state index contributed by atoms with van der Waals surface area (Å²) >= 11 is 3.46. The van der Waals surface area contributed by atoms with Crippen molar-refractivity contribution >= 4 is 21.7 Å². The molecule has 0 heterocycles. The minimum atomic E-state index is 0.0557. The summed E-state index contributed by atoms with van der Waals surface area (Å²) in [4.78, 5) is 12.2. The Morgan fingerprint density at radius 3 is 2.41 bits per heavy atom. The Morgan fingerprint density at radius 2 is 1.82 bits per heavy atom. The highest BCUT2D eigenvalue weighted by atomic mass is 79.9. The van der Waals surface area contributed by atoms with E-state index in [0.29, 0.717) is 5.56 Å². The van der Waals surface area contributed by atoms with Gasteiger partial charge in [-0.3, -0.25) is 4.79 Å². The largest absolute Gasteiger partial charge is 0.289 e. The molecule has 0 aromatic heterocycles. The van der Waals surface area contributed by atoms with Crippen molar-refractivity contribution in [2.45, 2.75) is 13.3 Å². The van der Waals surface area contributed by atoms with Crippen molar-refractivity contribution in [1.82, 2.24) is 0 Å². The van der Waals surface area contributed by atoms with E-state index in [0.717, 1.165) is 16.5 Å². The summed E-state index contributed by atoms with van der Waals surface area (Å²) in [7, 11) is 0. The summed E-state index contributed by atoms with van der Waals surface area (Å²) in [6, 6.07) is 15.2. The number of carbonyl (C=O) groups is 1. The van der Waals surface area contributed by atoms with Crippen LogP contribution in [0.5, 0.6) is 0 Å². The van der Waals surface area contributed by atoms with Crippen LogP contribution in [0, 0.1) is 0 Å². The van der Waals surface area contributed by atoms with Crippen molar-refractivity contribution in [3.8, 4) is 0 Å². The van der Waals surface area contributed by atoms with Crippen LogP contribution in [0.25, 0.3) is 0 Å². The van der Waals surface area contributed by atoms with Crippen molar-refractivity contribution in [2.24, 2.45) is 0 Å². The third-order valence-electron chi connectivity index (χ3n) is 2.72. The maximum Gasteiger partial charge on any atom is 0.194 e. The van der Waals surface area contributed by atoms with E-state index in [1.165, 1.54) is 5.56 Å². The van der Waals surface area contributed by atoms with Gasteiger partial charge in [-0.05, 0) is 24.1 Å². The van der Waals surface area contributed by atoms with Crippen LogP contribution in [0.3, 0.4) is 0 Å². The molecule has 2 heteroatoms. The molecule has 0 saturated heterocycles. The first-order valence-electron chi connectivity index (χ1n) is 5.60. The van der Waals surface area contributed by atoms with Gasteiger partial charge in [-0.1, -0.05) is 59.3 Å². The molecule has 17 heavy (non-hydrogen) atoms. The molecule has 0 aliphatic rings. The average molecular weight is 289 g/mol. The summed E-state index contributed by atoms with van der Waals surface area (Å²) in [5.74, 6) is 0.0557. The molecule has 0 N–H and O–H groups in total. The predicted molar refractivity (Wildman–Crippen MR) is 73.4 cm³/mol. The Balaban J connectivity index is 2.38. The molecule has 2 aromatic carbocycles. The Bertz CT molecular complexity index is 532. The van der Waals surface area contributed by atoms with E-state index >= 15 is 0 Å². The zero-order chi connectivity index (χ0) is 12.3. The van der Waals surface area contributed by atoms with Gasteiger partial charge in [0.1, 0.15) is 0 Å². The number of aryl methyl sites for hydroxylation is 1. The minimum Gasteiger partial charge on any atom is -0.289 e. The molecule has 0 spiro atoms. The lowest BCUT2D eigenvalue weighted by atomic mass is 10.0. The molecular formula is C15H13BrO. The van der Waals surface area contributed by atoms with Gasteiger partial charge >= 0.3 is 0 Å². The standard InChI is InChI=1S/C15H13BrO/c1-2-11-8-9-13(14(16)10-11)15(17)12-6-4-3-5-7-12/h3-10H,2H2,1H3. The van der Waals surface area contributed by atoms with Crippen LogP contribution < -0.4 is 0 Å². The van der Waals surface area contributed by atoms with Crippen molar-refractivity contribution < 1.29 is 4.79 Å². The summed E-state index contributed by atoms with van der Waals surface area (Å²) < 4.78 is 0.866. The SMILES string of the molecule is CCc1ccc(C(=O)c2ccccc2)c(Br)c1. The molecular weight excluding hydrogens is 276 g/mol. The van der Waals surface area contributed by atoms with Crippen molar-refractivity contribution in [3.63, 3.8) is 0 Å². The van der Waals surface area contributed by atoms with E-state index < -0.39 is 0 Å². The van der Waals surface area contributed by atoms with Crippen LogP contribution in [0.2, 0.25) is 0 Å². The topological polar surface area (TPSA) is 17.1 Å². The number of carbonyl (C=O) groups excluding carboxylic acids is 1. The first kappa shape index (κ1) is 12.1. The Morgan fingerprint density at radius 1 is 1.12 bits per heavy atom. The predicted octanol–water partition coefficient (Wildman–Crippen LogP) is 4.24. The molecule has 0 aliphatic carbocycles. The highest BCUT2D eigenvalue weighted by molar-refractivity contribution is 9.10. The van der Waals surface area contributed by atoms with Gasteiger partial charge in [0.15, 0.2) is 5.78 Å². The number of ketones is 1. The lowest BCUT2D eigenvalue weighted by Gasteiger charge is -2.05. The van der Waals surface area contributed by atoms with E-state index in [2.05, 4.69) is 22.9 Å².